The summed E-state index contributed by atoms with van der Waals surface area (Å²) in [6, 6.07) is 0. The van der Waals surface area contributed by atoms with Gasteiger partial charge in [0.05, 0.1) is 0 Å². The van der Waals surface area contributed by atoms with E-state index in [9.17, 15) is 0 Å². The summed E-state index contributed by atoms with van der Waals surface area (Å²) in [6.07, 6.45) is 5.97. The van der Waals surface area contributed by atoms with Crippen molar-refractivity contribution in [1.82, 2.24) is 4.90 Å². The number of rotatable bonds is 3. The standard InChI is InChI=1S/C13H25N/c1-10(2)4-7-13-11-5-6-12(13)9-14(3)8-11/h10-13H,4-9H2,1-3H3. The maximum absolute atomic E-state index is 2.55. The van der Waals surface area contributed by atoms with E-state index in [1.807, 2.05) is 0 Å². The molecule has 2 unspecified atom stereocenters. The fraction of sp³-hybridized carbons (Fsp3) is 1.00. The molecule has 2 aliphatic rings. The summed E-state index contributed by atoms with van der Waals surface area (Å²) in [6.45, 7) is 7.46. The van der Waals surface area contributed by atoms with E-state index < -0.39 is 0 Å². The van der Waals surface area contributed by atoms with Crippen molar-refractivity contribution in [2.75, 3.05) is 20.1 Å². The zero-order valence-corrected chi connectivity index (χ0v) is 10.00. The van der Waals surface area contributed by atoms with Gasteiger partial charge in [-0.2, -0.15) is 0 Å². The monoisotopic (exact) mass is 195 g/mol. The Bertz CT molecular complexity index is 174. The Balaban J connectivity index is 1.88. The molecule has 82 valence electrons. The molecule has 0 aromatic rings. The SMILES string of the molecule is CC(C)CCC1C2CCC1CN(C)C2. The first-order chi connectivity index (χ1) is 6.66. The van der Waals surface area contributed by atoms with Gasteiger partial charge in [0.1, 0.15) is 0 Å². The molecule has 1 heterocycles. The minimum atomic E-state index is 0.897. The molecular formula is C13H25N. The van der Waals surface area contributed by atoms with E-state index in [0.29, 0.717) is 0 Å². The van der Waals surface area contributed by atoms with Crippen LogP contribution in [0.4, 0.5) is 0 Å². The Morgan fingerprint density at radius 3 is 2.21 bits per heavy atom. The van der Waals surface area contributed by atoms with Crippen molar-refractivity contribution in [2.45, 2.75) is 39.5 Å². The third-order valence-corrected chi connectivity index (χ3v) is 4.29. The number of fused-ring (bicyclic) bond motifs is 2. The summed E-state index contributed by atoms with van der Waals surface area (Å²) < 4.78 is 0. The van der Waals surface area contributed by atoms with Gasteiger partial charge in [0.2, 0.25) is 0 Å². The van der Waals surface area contributed by atoms with Crippen molar-refractivity contribution < 1.29 is 0 Å². The normalized spacial score (nSPS) is 38.1. The number of hydrogen-bond donors (Lipinski definition) is 0. The summed E-state index contributed by atoms with van der Waals surface area (Å²) in [5.41, 5.74) is 0. The molecular weight excluding hydrogens is 170 g/mol. The lowest BCUT2D eigenvalue weighted by Crippen LogP contribution is -2.39. The van der Waals surface area contributed by atoms with Gasteiger partial charge in [0.15, 0.2) is 0 Å². The molecule has 1 aliphatic carbocycles. The van der Waals surface area contributed by atoms with Crippen LogP contribution in [-0.4, -0.2) is 25.0 Å². The molecule has 0 N–H and O–H groups in total. The summed E-state index contributed by atoms with van der Waals surface area (Å²) >= 11 is 0. The largest absolute Gasteiger partial charge is 0.306 e. The van der Waals surface area contributed by atoms with Crippen LogP contribution in [0.1, 0.15) is 39.5 Å². The van der Waals surface area contributed by atoms with Gasteiger partial charge < -0.3 is 4.90 Å². The van der Waals surface area contributed by atoms with Gasteiger partial charge in [0.25, 0.3) is 0 Å². The van der Waals surface area contributed by atoms with Gasteiger partial charge in [-0.15, -0.1) is 0 Å². The minimum Gasteiger partial charge on any atom is -0.306 e. The lowest BCUT2D eigenvalue weighted by molar-refractivity contribution is 0.122. The van der Waals surface area contributed by atoms with E-state index in [-0.39, 0.29) is 0 Å². The van der Waals surface area contributed by atoms with Gasteiger partial charge in [-0.05, 0) is 50.0 Å². The van der Waals surface area contributed by atoms with Crippen LogP contribution in [0.3, 0.4) is 0 Å². The lowest BCUT2D eigenvalue weighted by atomic mass is 9.81. The van der Waals surface area contributed by atoms with E-state index in [2.05, 4.69) is 25.8 Å². The second-order valence-electron chi connectivity index (χ2n) is 5.95. The van der Waals surface area contributed by atoms with Crippen LogP contribution in [0.15, 0.2) is 0 Å². The molecule has 0 radical (unpaired) electrons. The zero-order chi connectivity index (χ0) is 10.1. The predicted octanol–water partition coefficient (Wildman–Crippen LogP) is 3.01. The molecule has 0 spiro atoms. The highest BCUT2D eigenvalue weighted by Crippen LogP contribution is 2.44. The van der Waals surface area contributed by atoms with Crippen LogP contribution in [-0.2, 0) is 0 Å². The van der Waals surface area contributed by atoms with Crippen LogP contribution in [0.25, 0.3) is 0 Å². The zero-order valence-electron chi connectivity index (χ0n) is 10.00. The van der Waals surface area contributed by atoms with Crippen LogP contribution in [0, 0.1) is 23.7 Å². The second kappa shape index (κ2) is 4.22. The quantitative estimate of drug-likeness (QED) is 0.669. The number of hydrogen-bond acceptors (Lipinski definition) is 1. The number of nitrogens with zero attached hydrogens (tertiary/aromatic N) is 1. The Morgan fingerprint density at radius 2 is 1.71 bits per heavy atom. The van der Waals surface area contributed by atoms with E-state index in [0.717, 1.165) is 23.7 Å². The average Bonchev–Trinajstić information content (AvgIpc) is 2.34. The van der Waals surface area contributed by atoms with Crippen molar-refractivity contribution in [3.63, 3.8) is 0 Å². The number of likely N-dealkylation sites (tertiary alicyclic amines) is 1. The molecule has 2 atom stereocenters. The van der Waals surface area contributed by atoms with Gasteiger partial charge in [-0.1, -0.05) is 20.3 Å². The Hall–Kier alpha value is -0.0400. The van der Waals surface area contributed by atoms with Crippen molar-refractivity contribution in [3.05, 3.63) is 0 Å². The molecule has 0 aromatic heterocycles. The van der Waals surface area contributed by atoms with Crippen molar-refractivity contribution in [2.24, 2.45) is 23.7 Å². The molecule has 1 aliphatic heterocycles. The highest BCUT2D eigenvalue weighted by atomic mass is 15.1. The van der Waals surface area contributed by atoms with Crippen LogP contribution >= 0.6 is 0 Å². The average molecular weight is 195 g/mol. The first-order valence-electron chi connectivity index (χ1n) is 6.35. The van der Waals surface area contributed by atoms with Crippen LogP contribution in [0.2, 0.25) is 0 Å². The molecule has 2 bridgehead atoms. The maximum atomic E-state index is 2.55. The van der Waals surface area contributed by atoms with E-state index >= 15 is 0 Å². The highest BCUT2D eigenvalue weighted by Gasteiger charge is 2.40. The molecule has 2 fully saturated rings. The molecule has 2 rings (SSSR count). The molecule has 1 saturated carbocycles. The second-order valence-corrected chi connectivity index (χ2v) is 5.95. The molecule has 0 amide bonds. The third-order valence-electron chi connectivity index (χ3n) is 4.29. The first-order valence-corrected chi connectivity index (χ1v) is 6.35. The van der Waals surface area contributed by atoms with E-state index in [1.54, 1.807) is 0 Å². The van der Waals surface area contributed by atoms with Gasteiger partial charge in [-0.3, -0.25) is 0 Å². The van der Waals surface area contributed by atoms with Crippen molar-refractivity contribution >= 4 is 0 Å². The summed E-state index contributed by atoms with van der Waals surface area (Å²) in [7, 11) is 2.30. The highest BCUT2D eigenvalue weighted by molar-refractivity contribution is 4.91. The van der Waals surface area contributed by atoms with Crippen LogP contribution < -0.4 is 0 Å². The lowest BCUT2D eigenvalue weighted by Gasteiger charge is -2.36. The summed E-state index contributed by atoms with van der Waals surface area (Å²) in [4.78, 5) is 2.55. The first kappa shape index (κ1) is 10.5. The number of piperidine rings is 1. The molecule has 0 aromatic carbocycles. The van der Waals surface area contributed by atoms with Crippen molar-refractivity contribution in [3.8, 4) is 0 Å². The van der Waals surface area contributed by atoms with E-state index in [4.69, 9.17) is 0 Å². The van der Waals surface area contributed by atoms with Crippen molar-refractivity contribution in [1.29, 1.82) is 0 Å². The smallest absolute Gasteiger partial charge is 0.000949 e. The van der Waals surface area contributed by atoms with Gasteiger partial charge >= 0.3 is 0 Å². The maximum Gasteiger partial charge on any atom is 0.000949 e. The Kier molecular flexibility index (Phi) is 3.16. The van der Waals surface area contributed by atoms with Crippen LogP contribution in [0.5, 0.6) is 0 Å². The molecule has 1 heteroatoms. The van der Waals surface area contributed by atoms with Gasteiger partial charge in [0, 0.05) is 13.1 Å². The van der Waals surface area contributed by atoms with Gasteiger partial charge in [-0.25, -0.2) is 0 Å². The molecule has 14 heavy (non-hydrogen) atoms. The molecule has 1 saturated heterocycles. The topological polar surface area (TPSA) is 3.24 Å². The Labute approximate surface area is 88.9 Å². The minimum absolute atomic E-state index is 0.897. The van der Waals surface area contributed by atoms with E-state index in [1.165, 1.54) is 38.8 Å². The third kappa shape index (κ3) is 2.13. The molecule has 1 nitrogen and oxygen atoms in total. The summed E-state index contributed by atoms with van der Waals surface area (Å²) in [5.74, 6) is 4.05. The fourth-order valence-electron chi connectivity index (χ4n) is 3.57. The fourth-order valence-corrected chi connectivity index (χ4v) is 3.57. The Morgan fingerprint density at radius 1 is 1.14 bits per heavy atom. The summed E-state index contributed by atoms with van der Waals surface area (Å²) in [5, 5.41) is 0. The predicted molar refractivity (Wildman–Crippen MR) is 61.3 cm³/mol.